The Kier molecular flexibility index (Phi) is 3.51. The molecule has 5 heteroatoms. The van der Waals surface area contributed by atoms with Gasteiger partial charge in [0.05, 0.1) is 10.7 Å². The molecule has 0 unspecified atom stereocenters. The Morgan fingerprint density at radius 1 is 1.50 bits per heavy atom. The highest BCUT2D eigenvalue weighted by atomic mass is 79.9. The lowest BCUT2D eigenvalue weighted by molar-refractivity contribution is 0.277. The smallest absolute Gasteiger partial charge is 0.226 e. The Labute approximate surface area is 107 Å². The van der Waals surface area contributed by atoms with Gasteiger partial charge in [-0.05, 0) is 33.6 Å². The molecule has 0 saturated carbocycles. The van der Waals surface area contributed by atoms with Crippen LogP contribution >= 0.6 is 27.5 Å². The summed E-state index contributed by atoms with van der Waals surface area (Å²) in [4.78, 5) is 0. The molecule has 0 aliphatic carbocycles. The second-order valence-corrected chi connectivity index (χ2v) is 4.63. The molecular weight excluding hydrogens is 291 g/mol. The molecule has 2 rings (SSSR count). The fourth-order valence-electron chi connectivity index (χ4n) is 1.34. The summed E-state index contributed by atoms with van der Waals surface area (Å²) in [5, 5.41) is 4.78. The number of rotatable bonds is 3. The zero-order valence-electron chi connectivity index (χ0n) is 8.65. The van der Waals surface area contributed by atoms with E-state index in [9.17, 15) is 0 Å². The van der Waals surface area contributed by atoms with Crippen molar-refractivity contribution in [1.82, 2.24) is 9.78 Å². The van der Waals surface area contributed by atoms with E-state index in [0.717, 1.165) is 10.0 Å². The first kappa shape index (κ1) is 11.5. The molecule has 0 N–H and O–H groups in total. The van der Waals surface area contributed by atoms with Crippen molar-refractivity contribution in [2.45, 2.75) is 6.61 Å². The Balaban J connectivity index is 2.08. The van der Waals surface area contributed by atoms with E-state index in [4.69, 9.17) is 16.3 Å². The minimum Gasteiger partial charge on any atom is -0.472 e. The van der Waals surface area contributed by atoms with E-state index < -0.39 is 0 Å². The third-order valence-electron chi connectivity index (χ3n) is 2.11. The Morgan fingerprint density at radius 3 is 2.94 bits per heavy atom. The third kappa shape index (κ3) is 2.57. The minimum absolute atomic E-state index is 0.471. The van der Waals surface area contributed by atoms with Crippen LogP contribution in [0.3, 0.4) is 0 Å². The van der Waals surface area contributed by atoms with Crippen LogP contribution in [0.4, 0.5) is 0 Å². The molecular formula is C11H10BrClN2O. The predicted octanol–water partition coefficient (Wildman–Crippen LogP) is 3.42. The van der Waals surface area contributed by atoms with Gasteiger partial charge in [-0.25, -0.2) is 4.68 Å². The molecule has 84 valence electrons. The van der Waals surface area contributed by atoms with E-state index in [1.807, 2.05) is 31.3 Å². The van der Waals surface area contributed by atoms with E-state index in [1.54, 1.807) is 10.9 Å². The zero-order chi connectivity index (χ0) is 11.5. The van der Waals surface area contributed by atoms with Gasteiger partial charge in [0.15, 0.2) is 0 Å². The molecule has 0 aliphatic heterocycles. The van der Waals surface area contributed by atoms with E-state index in [2.05, 4.69) is 21.0 Å². The lowest BCUT2D eigenvalue weighted by Gasteiger charge is -2.07. The topological polar surface area (TPSA) is 27.1 Å². The van der Waals surface area contributed by atoms with Crippen molar-refractivity contribution in [2.75, 3.05) is 0 Å². The van der Waals surface area contributed by atoms with Crippen LogP contribution in [-0.4, -0.2) is 9.78 Å². The van der Waals surface area contributed by atoms with Gasteiger partial charge in [-0.15, -0.1) is 0 Å². The quantitative estimate of drug-likeness (QED) is 0.868. The average molecular weight is 302 g/mol. The van der Waals surface area contributed by atoms with Crippen LogP contribution in [0.25, 0.3) is 0 Å². The minimum atomic E-state index is 0.471. The summed E-state index contributed by atoms with van der Waals surface area (Å²) in [5.41, 5.74) is 1.03. The second kappa shape index (κ2) is 4.89. The molecule has 3 nitrogen and oxygen atoms in total. The molecule has 0 saturated heterocycles. The molecule has 1 aromatic carbocycles. The van der Waals surface area contributed by atoms with Gasteiger partial charge in [0.2, 0.25) is 5.88 Å². The van der Waals surface area contributed by atoms with E-state index in [-0.39, 0.29) is 0 Å². The van der Waals surface area contributed by atoms with Crippen molar-refractivity contribution in [1.29, 1.82) is 0 Å². The van der Waals surface area contributed by atoms with Crippen LogP contribution in [0, 0.1) is 0 Å². The van der Waals surface area contributed by atoms with E-state index in [1.165, 1.54) is 0 Å². The lowest BCUT2D eigenvalue weighted by atomic mass is 10.2. The highest BCUT2D eigenvalue weighted by Crippen LogP contribution is 2.24. The van der Waals surface area contributed by atoms with Crippen LogP contribution in [0.1, 0.15) is 5.56 Å². The van der Waals surface area contributed by atoms with Gasteiger partial charge in [0.25, 0.3) is 0 Å². The Morgan fingerprint density at radius 2 is 2.31 bits per heavy atom. The SMILES string of the molecule is Cn1ncc(Br)c1OCc1cccc(Cl)c1. The van der Waals surface area contributed by atoms with Gasteiger partial charge in [-0.3, -0.25) is 0 Å². The molecule has 0 bridgehead atoms. The largest absolute Gasteiger partial charge is 0.472 e. The number of hydrogen-bond acceptors (Lipinski definition) is 2. The number of aromatic nitrogens is 2. The maximum Gasteiger partial charge on any atom is 0.226 e. The van der Waals surface area contributed by atoms with Gasteiger partial charge >= 0.3 is 0 Å². The summed E-state index contributed by atoms with van der Waals surface area (Å²) in [6.45, 7) is 0.471. The lowest BCUT2D eigenvalue weighted by Crippen LogP contribution is -2.01. The third-order valence-corrected chi connectivity index (χ3v) is 2.89. The standard InChI is InChI=1S/C11H10BrClN2O/c1-15-11(10(12)6-14-15)16-7-8-3-2-4-9(13)5-8/h2-6H,7H2,1H3. The van der Waals surface area contributed by atoms with Crippen LogP contribution < -0.4 is 4.74 Å². The first-order valence-electron chi connectivity index (χ1n) is 4.71. The fourth-order valence-corrected chi connectivity index (χ4v) is 2.02. The molecule has 1 heterocycles. The maximum atomic E-state index is 5.89. The number of ether oxygens (including phenoxy) is 1. The van der Waals surface area contributed by atoms with Crippen molar-refractivity contribution in [3.05, 3.63) is 45.5 Å². The van der Waals surface area contributed by atoms with Crippen molar-refractivity contribution < 1.29 is 4.74 Å². The summed E-state index contributed by atoms with van der Waals surface area (Å²) >= 11 is 9.26. The van der Waals surface area contributed by atoms with Crippen molar-refractivity contribution in [2.24, 2.45) is 7.05 Å². The van der Waals surface area contributed by atoms with Crippen LogP contribution in [0.15, 0.2) is 34.9 Å². The number of benzene rings is 1. The molecule has 0 spiro atoms. The van der Waals surface area contributed by atoms with Gasteiger partial charge in [0.1, 0.15) is 6.61 Å². The summed E-state index contributed by atoms with van der Waals surface area (Å²) in [7, 11) is 1.83. The average Bonchev–Trinajstić information content (AvgIpc) is 2.56. The first-order valence-corrected chi connectivity index (χ1v) is 5.88. The molecule has 0 amide bonds. The summed E-state index contributed by atoms with van der Waals surface area (Å²) in [6.07, 6.45) is 1.70. The van der Waals surface area contributed by atoms with E-state index >= 15 is 0 Å². The zero-order valence-corrected chi connectivity index (χ0v) is 11.0. The number of aryl methyl sites for hydroxylation is 1. The van der Waals surface area contributed by atoms with Gasteiger partial charge < -0.3 is 4.74 Å². The highest BCUT2D eigenvalue weighted by molar-refractivity contribution is 9.10. The van der Waals surface area contributed by atoms with Crippen molar-refractivity contribution in [3.63, 3.8) is 0 Å². The summed E-state index contributed by atoms with van der Waals surface area (Å²) in [6, 6.07) is 7.59. The van der Waals surface area contributed by atoms with Crippen LogP contribution in [0.2, 0.25) is 5.02 Å². The molecule has 0 fully saturated rings. The molecule has 0 aliphatic rings. The Bertz CT molecular complexity index is 479. The molecule has 0 radical (unpaired) electrons. The van der Waals surface area contributed by atoms with Gasteiger partial charge in [-0.1, -0.05) is 23.7 Å². The van der Waals surface area contributed by atoms with E-state index in [0.29, 0.717) is 17.5 Å². The number of hydrogen-bond donors (Lipinski definition) is 0. The maximum absolute atomic E-state index is 5.89. The monoisotopic (exact) mass is 300 g/mol. The van der Waals surface area contributed by atoms with Gasteiger partial charge in [-0.2, -0.15) is 5.10 Å². The second-order valence-electron chi connectivity index (χ2n) is 3.34. The first-order chi connectivity index (χ1) is 7.66. The van der Waals surface area contributed by atoms with Gasteiger partial charge in [0, 0.05) is 12.1 Å². The molecule has 1 aromatic heterocycles. The van der Waals surface area contributed by atoms with Crippen molar-refractivity contribution >= 4 is 27.5 Å². The van der Waals surface area contributed by atoms with Crippen LogP contribution in [-0.2, 0) is 13.7 Å². The molecule has 2 aromatic rings. The summed E-state index contributed by atoms with van der Waals surface area (Å²) < 4.78 is 8.16. The predicted molar refractivity (Wildman–Crippen MR) is 66.7 cm³/mol. The summed E-state index contributed by atoms with van der Waals surface area (Å²) in [5.74, 6) is 0.708. The highest BCUT2D eigenvalue weighted by Gasteiger charge is 2.07. The number of nitrogens with zero attached hydrogens (tertiary/aromatic N) is 2. The number of halogens is 2. The Hall–Kier alpha value is -1.00. The fraction of sp³-hybridized carbons (Fsp3) is 0.182. The molecule has 0 atom stereocenters. The normalized spacial score (nSPS) is 10.4. The molecule has 16 heavy (non-hydrogen) atoms. The van der Waals surface area contributed by atoms with Crippen molar-refractivity contribution in [3.8, 4) is 5.88 Å². The van der Waals surface area contributed by atoms with Crippen LogP contribution in [0.5, 0.6) is 5.88 Å².